The lowest BCUT2D eigenvalue weighted by Crippen LogP contribution is -2.52. The Bertz CT molecular complexity index is 375. The lowest BCUT2D eigenvalue weighted by atomic mass is 10.2. The van der Waals surface area contributed by atoms with Gasteiger partial charge in [0.2, 0.25) is 5.95 Å². The average Bonchev–Trinajstić information content (AvgIpc) is 2.39. The van der Waals surface area contributed by atoms with Gasteiger partial charge in [-0.2, -0.15) is 0 Å². The van der Waals surface area contributed by atoms with E-state index < -0.39 is 5.91 Å². The SMILES string of the molecule is CC(C([NH])=O)N1CCN(c2ncccn2)CC1. The molecule has 1 N–H and O–H groups in total. The molecule has 1 fully saturated rings. The van der Waals surface area contributed by atoms with Gasteiger partial charge >= 0.3 is 0 Å². The highest BCUT2D eigenvalue weighted by atomic mass is 16.1. The van der Waals surface area contributed by atoms with E-state index in [1.54, 1.807) is 25.4 Å². The molecule has 1 radical (unpaired) electrons. The molecule has 6 nitrogen and oxygen atoms in total. The molecule has 91 valence electrons. The second kappa shape index (κ2) is 5.09. The third-order valence-corrected chi connectivity index (χ3v) is 3.08. The molecule has 0 aliphatic carbocycles. The van der Waals surface area contributed by atoms with Gasteiger partial charge in [0.25, 0.3) is 5.91 Å². The first-order chi connectivity index (χ1) is 8.18. The van der Waals surface area contributed by atoms with Crippen molar-refractivity contribution >= 4 is 11.9 Å². The van der Waals surface area contributed by atoms with Crippen molar-refractivity contribution < 1.29 is 4.79 Å². The Kier molecular flexibility index (Phi) is 3.53. The Balaban J connectivity index is 1.93. The van der Waals surface area contributed by atoms with Crippen molar-refractivity contribution in [2.75, 3.05) is 31.1 Å². The second-order valence-corrected chi connectivity index (χ2v) is 4.11. The Morgan fingerprint density at radius 1 is 1.29 bits per heavy atom. The van der Waals surface area contributed by atoms with Crippen molar-refractivity contribution in [3.63, 3.8) is 0 Å². The summed E-state index contributed by atoms with van der Waals surface area (Å²) in [6.45, 7) is 4.90. The van der Waals surface area contributed by atoms with E-state index in [0.29, 0.717) is 0 Å². The van der Waals surface area contributed by atoms with Crippen LogP contribution in [0.3, 0.4) is 0 Å². The highest BCUT2D eigenvalue weighted by Gasteiger charge is 2.25. The molecule has 1 saturated heterocycles. The zero-order valence-corrected chi connectivity index (χ0v) is 9.83. The molecule has 1 aromatic heterocycles. The van der Waals surface area contributed by atoms with E-state index in [0.717, 1.165) is 32.1 Å². The maximum Gasteiger partial charge on any atom is 0.255 e. The van der Waals surface area contributed by atoms with Crippen LogP contribution in [0.15, 0.2) is 18.5 Å². The second-order valence-electron chi connectivity index (χ2n) is 4.11. The summed E-state index contributed by atoms with van der Waals surface area (Å²) in [5.74, 6) is 0.214. The molecule has 0 saturated carbocycles. The monoisotopic (exact) mass is 234 g/mol. The third kappa shape index (κ3) is 2.71. The normalized spacial score (nSPS) is 19.0. The van der Waals surface area contributed by atoms with Gasteiger partial charge < -0.3 is 4.90 Å². The number of carbonyl (C=O) groups excluding carboxylic acids is 1. The van der Waals surface area contributed by atoms with Gasteiger partial charge in [0.1, 0.15) is 0 Å². The highest BCUT2D eigenvalue weighted by molar-refractivity contribution is 5.78. The molecule has 0 bridgehead atoms. The standard InChI is InChI=1S/C11H16N5O/c1-9(10(12)17)15-5-7-16(8-6-15)11-13-3-2-4-14-11/h2-4,9,12H,5-8H2,1H3. The minimum Gasteiger partial charge on any atom is -0.338 e. The average molecular weight is 234 g/mol. The Labute approximate surface area is 100 Å². The molecule has 1 atom stereocenters. The van der Waals surface area contributed by atoms with E-state index in [2.05, 4.69) is 14.9 Å². The number of carbonyl (C=O) groups is 1. The zero-order valence-electron chi connectivity index (χ0n) is 9.83. The van der Waals surface area contributed by atoms with E-state index in [1.807, 2.05) is 4.90 Å². The van der Waals surface area contributed by atoms with Gasteiger partial charge in [-0.15, -0.1) is 0 Å². The molecule has 1 unspecified atom stereocenters. The molecule has 1 aromatic rings. The third-order valence-electron chi connectivity index (χ3n) is 3.08. The van der Waals surface area contributed by atoms with Crippen LogP contribution in [0, 0.1) is 0 Å². The predicted molar refractivity (Wildman–Crippen MR) is 63.4 cm³/mol. The molecule has 0 aromatic carbocycles. The minimum absolute atomic E-state index is 0.311. The lowest BCUT2D eigenvalue weighted by molar-refractivity contribution is -0.123. The number of aromatic nitrogens is 2. The van der Waals surface area contributed by atoms with E-state index in [9.17, 15) is 4.79 Å². The Hall–Kier alpha value is -1.69. The first-order valence-electron chi connectivity index (χ1n) is 5.70. The number of hydrogen-bond acceptors (Lipinski definition) is 5. The number of amides is 1. The first kappa shape index (κ1) is 11.8. The summed E-state index contributed by atoms with van der Waals surface area (Å²) < 4.78 is 0. The molecular weight excluding hydrogens is 218 g/mol. The van der Waals surface area contributed by atoms with Crippen LogP contribution in [0.5, 0.6) is 0 Å². The number of nitrogens with one attached hydrogen (secondary N) is 1. The maximum absolute atomic E-state index is 11.0. The summed E-state index contributed by atoms with van der Waals surface area (Å²) >= 11 is 0. The smallest absolute Gasteiger partial charge is 0.255 e. The molecule has 2 rings (SSSR count). The van der Waals surface area contributed by atoms with Gasteiger partial charge in [-0.3, -0.25) is 15.4 Å². The van der Waals surface area contributed by atoms with Crippen LogP contribution >= 0.6 is 0 Å². The topological polar surface area (TPSA) is 73.1 Å². The Morgan fingerprint density at radius 3 is 2.41 bits per heavy atom. The first-order valence-corrected chi connectivity index (χ1v) is 5.70. The van der Waals surface area contributed by atoms with Gasteiger partial charge in [-0.25, -0.2) is 9.97 Å². The zero-order chi connectivity index (χ0) is 12.3. The summed E-state index contributed by atoms with van der Waals surface area (Å²) in [6.07, 6.45) is 3.45. The van der Waals surface area contributed by atoms with E-state index >= 15 is 0 Å². The van der Waals surface area contributed by atoms with Crippen LogP contribution < -0.4 is 10.6 Å². The van der Waals surface area contributed by atoms with Crippen LogP contribution in [0.2, 0.25) is 0 Å². The van der Waals surface area contributed by atoms with Crippen LogP contribution in [-0.4, -0.2) is 53.0 Å². The molecule has 6 heteroatoms. The van der Waals surface area contributed by atoms with Gasteiger partial charge in [0, 0.05) is 38.6 Å². The molecule has 1 aliphatic heterocycles. The fourth-order valence-corrected chi connectivity index (χ4v) is 1.93. The fourth-order valence-electron chi connectivity index (χ4n) is 1.93. The molecule has 2 heterocycles. The predicted octanol–water partition coefficient (Wildman–Crippen LogP) is -0.203. The minimum atomic E-state index is -0.519. The molecule has 1 aliphatic rings. The Morgan fingerprint density at radius 2 is 1.88 bits per heavy atom. The van der Waals surface area contributed by atoms with E-state index in [-0.39, 0.29) is 6.04 Å². The highest BCUT2D eigenvalue weighted by Crippen LogP contribution is 2.11. The summed E-state index contributed by atoms with van der Waals surface area (Å²) in [5.41, 5.74) is 7.12. The van der Waals surface area contributed by atoms with Crippen molar-refractivity contribution in [2.45, 2.75) is 13.0 Å². The molecule has 17 heavy (non-hydrogen) atoms. The maximum atomic E-state index is 11.0. The van der Waals surface area contributed by atoms with Crippen LogP contribution in [-0.2, 0) is 4.79 Å². The van der Waals surface area contributed by atoms with Crippen molar-refractivity contribution in [1.29, 1.82) is 0 Å². The summed E-state index contributed by atoms with van der Waals surface area (Å²) in [6, 6.07) is 1.48. The van der Waals surface area contributed by atoms with Gasteiger partial charge in [0.15, 0.2) is 0 Å². The van der Waals surface area contributed by atoms with Gasteiger partial charge in [0.05, 0.1) is 6.04 Å². The quantitative estimate of drug-likeness (QED) is 0.724. The summed E-state index contributed by atoms with van der Waals surface area (Å²) in [5, 5.41) is 0. The van der Waals surface area contributed by atoms with E-state index in [4.69, 9.17) is 5.73 Å². The fraction of sp³-hybridized carbons (Fsp3) is 0.545. The molecule has 0 spiro atoms. The summed E-state index contributed by atoms with van der Waals surface area (Å²) in [4.78, 5) is 23.5. The number of hydrogen-bond donors (Lipinski definition) is 0. The largest absolute Gasteiger partial charge is 0.338 e. The van der Waals surface area contributed by atoms with Crippen molar-refractivity contribution in [1.82, 2.24) is 20.6 Å². The van der Waals surface area contributed by atoms with Crippen molar-refractivity contribution in [3.8, 4) is 0 Å². The van der Waals surface area contributed by atoms with E-state index in [1.165, 1.54) is 0 Å². The number of piperazine rings is 1. The van der Waals surface area contributed by atoms with Crippen molar-refractivity contribution in [2.24, 2.45) is 0 Å². The summed E-state index contributed by atoms with van der Waals surface area (Å²) in [7, 11) is 0. The van der Waals surface area contributed by atoms with Crippen LogP contribution in [0.25, 0.3) is 0 Å². The number of anilines is 1. The number of nitrogens with zero attached hydrogens (tertiary/aromatic N) is 4. The number of rotatable bonds is 3. The van der Waals surface area contributed by atoms with Crippen molar-refractivity contribution in [3.05, 3.63) is 18.5 Å². The van der Waals surface area contributed by atoms with Gasteiger partial charge in [-0.05, 0) is 13.0 Å². The molecule has 1 amide bonds. The molecular formula is C11H16N5O. The van der Waals surface area contributed by atoms with Crippen LogP contribution in [0.1, 0.15) is 6.92 Å². The van der Waals surface area contributed by atoms with Gasteiger partial charge in [-0.1, -0.05) is 0 Å². The van der Waals surface area contributed by atoms with Crippen LogP contribution in [0.4, 0.5) is 5.95 Å². The lowest BCUT2D eigenvalue weighted by Gasteiger charge is -2.36.